The van der Waals surface area contributed by atoms with E-state index in [9.17, 15) is 4.79 Å². The molecule has 0 atom stereocenters. The minimum atomic E-state index is 0.358. The van der Waals surface area contributed by atoms with Crippen LogP contribution in [0.2, 0.25) is 0 Å². The molecule has 1 aromatic rings. The maximum Gasteiger partial charge on any atom is 0.222 e. The second-order valence-electron chi connectivity index (χ2n) is 8.00. The molecule has 1 aromatic heterocycles. The van der Waals surface area contributed by atoms with E-state index < -0.39 is 0 Å². The molecule has 0 bridgehead atoms. The molecule has 2 aliphatic heterocycles. The van der Waals surface area contributed by atoms with Gasteiger partial charge in [-0.05, 0) is 31.6 Å². The standard InChI is InChI=1S/C20H31N5O/c26-20(14-17-6-2-1-3-7-17)25-12-10-24(11-13-25)19-15-18(21-16-22-19)23-8-4-5-9-23/h15-17H,1-14H2. The van der Waals surface area contributed by atoms with E-state index >= 15 is 0 Å². The molecule has 0 unspecified atom stereocenters. The van der Waals surface area contributed by atoms with Gasteiger partial charge < -0.3 is 14.7 Å². The Balaban J connectivity index is 1.30. The minimum Gasteiger partial charge on any atom is -0.356 e. The summed E-state index contributed by atoms with van der Waals surface area (Å²) in [7, 11) is 0. The summed E-state index contributed by atoms with van der Waals surface area (Å²) in [6, 6.07) is 2.12. The Morgan fingerprint density at radius 1 is 0.846 bits per heavy atom. The van der Waals surface area contributed by atoms with Gasteiger partial charge in [0.05, 0.1) is 0 Å². The molecule has 4 rings (SSSR count). The third kappa shape index (κ3) is 4.10. The zero-order valence-electron chi connectivity index (χ0n) is 15.8. The van der Waals surface area contributed by atoms with Crippen molar-refractivity contribution in [1.82, 2.24) is 14.9 Å². The largest absolute Gasteiger partial charge is 0.356 e. The second kappa shape index (κ2) is 8.23. The van der Waals surface area contributed by atoms with Crippen molar-refractivity contribution in [2.45, 2.75) is 51.4 Å². The van der Waals surface area contributed by atoms with Crippen molar-refractivity contribution in [3.8, 4) is 0 Å². The molecule has 6 nitrogen and oxygen atoms in total. The summed E-state index contributed by atoms with van der Waals surface area (Å²) in [5.74, 6) is 3.03. The fraction of sp³-hybridized carbons (Fsp3) is 0.750. The van der Waals surface area contributed by atoms with Crippen LogP contribution in [0.5, 0.6) is 0 Å². The molecule has 142 valence electrons. The monoisotopic (exact) mass is 357 g/mol. The van der Waals surface area contributed by atoms with Gasteiger partial charge in [0.15, 0.2) is 0 Å². The molecule has 1 amide bonds. The zero-order chi connectivity index (χ0) is 17.8. The second-order valence-corrected chi connectivity index (χ2v) is 8.00. The molecule has 0 spiro atoms. The summed E-state index contributed by atoms with van der Waals surface area (Å²) in [4.78, 5) is 28.2. The van der Waals surface area contributed by atoms with Crippen LogP contribution < -0.4 is 9.80 Å². The number of rotatable bonds is 4. The Bertz CT molecular complexity index is 602. The van der Waals surface area contributed by atoms with E-state index in [1.807, 2.05) is 0 Å². The highest BCUT2D eigenvalue weighted by atomic mass is 16.2. The van der Waals surface area contributed by atoms with E-state index in [0.717, 1.165) is 57.3 Å². The highest BCUT2D eigenvalue weighted by molar-refractivity contribution is 5.76. The van der Waals surface area contributed by atoms with Gasteiger partial charge in [-0.2, -0.15) is 0 Å². The molecular weight excluding hydrogens is 326 g/mol. The van der Waals surface area contributed by atoms with Crippen molar-refractivity contribution in [3.63, 3.8) is 0 Å². The molecule has 3 aliphatic rings. The van der Waals surface area contributed by atoms with Crippen LogP contribution in [0, 0.1) is 5.92 Å². The van der Waals surface area contributed by atoms with Crippen molar-refractivity contribution in [1.29, 1.82) is 0 Å². The molecule has 3 heterocycles. The molecule has 26 heavy (non-hydrogen) atoms. The van der Waals surface area contributed by atoms with Crippen molar-refractivity contribution < 1.29 is 4.79 Å². The number of hydrogen-bond acceptors (Lipinski definition) is 5. The molecule has 3 fully saturated rings. The fourth-order valence-electron chi connectivity index (χ4n) is 4.58. The zero-order valence-corrected chi connectivity index (χ0v) is 15.8. The predicted octanol–water partition coefficient (Wildman–Crippen LogP) is 2.70. The SMILES string of the molecule is O=C(CC1CCCCC1)N1CCN(c2cc(N3CCCC3)ncn2)CC1. The summed E-state index contributed by atoms with van der Waals surface area (Å²) in [6.07, 6.45) is 11.4. The first kappa shape index (κ1) is 17.6. The first-order chi connectivity index (χ1) is 12.8. The van der Waals surface area contributed by atoms with Gasteiger partial charge in [-0.1, -0.05) is 19.3 Å². The lowest BCUT2D eigenvalue weighted by Crippen LogP contribution is -2.49. The molecular formula is C20H31N5O. The number of carbonyl (C=O) groups is 1. The van der Waals surface area contributed by atoms with Gasteiger partial charge in [-0.25, -0.2) is 9.97 Å². The van der Waals surface area contributed by atoms with Crippen LogP contribution in [0.1, 0.15) is 51.4 Å². The molecule has 0 aromatic carbocycles. The molecule has 6 heteroatoms. The number of anilines is 2. The van der Waals surface area contributed by atoms with Crippen LogP contribution in [0.3, 0.4) is 0 Å². The van der Waals surface area contributed by atoms with Gasteiger partial charge in [0, 0.05) is 51.8 Å². The molecule has 0 N–H and O–H groups in total. The minimum absolute atomic E-state index is 0.358. The normalized spacial score (nSPS) is 22.1. The fourth-order valence-corrected chi connectivity index (χ4v) is 4.58. The molecule has 2 saturated heterocycles. The quantitative estimate of drug-likeness (QED) is 0.829. The number of nitrogens with zero attached hydrogens (tertiary/aromatic N) is 5. The number of piperazine rings is 1. The Morgan fingerprint density at radius 2 is 1.46 bits per heavy atom. The first-order valence-corrected chi connectivity index (χ1v) is 10.4. The van der Waals surface area contributed by atoms with E-state index in [2.05, 4.69) is 30.7 Å². The highest BCUT2D eigenvalue weighted by Crippen LogP contribution is 2.27. The van der Waals surface area contributed by atoms with Gasteiger partial charge in [0.2, 0.25) is 5.91 Å². The van der Waals surface area contributed by atoms with Crippen molar-refractivity contribution in [2.24, 2.45) is 5.92 Å². The lowest BCUT2D eigenvalue weighted by Gasteiger charge is -2.36. The maximum atomic E-state index is 12.6. The van der Waals surface area contributed by atoms with E-state index in [1.165, 1.54) is 44.9 Å². The summed E-state index contributed by atoms with van der Waals surface area (Å²) in [6.45, 7) is 5.56. The lowest BCUT2D eigenvalue weighted by atomic mass is 9.86. The van der Waals surface area contributed by atoms with Crippen LogP contribution in [0.25, 0.3) is 0 Å². The third-order valence-electron chi connectivity index (χ3n) is 6.21. The first-order valence-electron chi connectivity index (χ1n) is 10.4. The van der Waals surface area contributed by atoms with Crippen LogP contribution in [0.4, 0.5) is 11.6 Å². The van der Waals surface area contributed by atoms with Crippen LogP contribution in [0.15, 0.2) is 12.4 Å². The van der Waals surface area contributed by atoms with Gasteiger partial charge in [-0.3, -0.25) is 4.79 Å². The van der Waals surface area contributed by atoms with E-state index in [0.29, 0.717) is 11.8 Å². The molecule has 1 aliphatic carbocycles. The van der Waals surface area contributed by atoms with E-state index in [1.54, 1.807) is 6.33 Å². The van der Waals surface area contributed by atoms with E-state index in [4.69, 9.17) is 0 Å². The highest BCUT2D eigenvalue weighted by Gasteiger charge is 2.25. The Labute approximate surface area is 156 Å². The number of aromatic nitrogens is 2. The van der Waals surface area contributed by atoms with Crippen LogP contribution in [-0.2, 0) is 4.79 Å². The van der Waals surface area contributed by atoms with Crippen molar-refractivity contribution in [3.05, 3.63) is 12.4 Å². The summed E-state index contributed by atoms with van der Waals surface area (Å²) >= 11 is 0. The Kier molecular flexibility index (Phi) is 5.56. The maximum absolute atomic E-state index is 12.6. The van der Waals surface area contributed by atoms with Crippen molar-refractivity contribution in [2.75, 3.05) is 49.1 Å². The summed E-state index contributed by atoms with van der Waals surface area (Å²) in [5, 5.41) is 0. The third-order valence-corrected chi connectivity index (χ3v) is 6.21. The Morgan fingerprint density at radius 3 is 2.12 bits per heavy atom. The van der Waals surface area contributed by atoms with Crippen LogP contribution >= 0.6 is 0 Å². The number of hydrogen-bond donors (Lipinski definition) is 0. The molecule has 0 radical (unpaired) electrons. The molecule has 1 saturated carbocycles. The van der Waals surface area contributed by atoms with Gasteiger partial charge >= 0.3 is 0 Å². The van der Waals surface area contributed by atoms with Gasteiger partial charge in [0.25, 0.3) is 0 Å². The van der Waals surface area contributed by atoms with Gasteiger partial charge in [0.1, 0.15) is 18.0 Å². The predicted molar refractivity (Wildman–Crippen MR) is 103 cm³/mol. The van der Waals surface area contributed by atoms with Gasteiger partial charge in [-0.15, -0.1) is 0 Å². The number of carbonyl (C=O) groups excluding carboxylic acids is 1. The van der Waals surface area contributed by atoms with Crippen LogP contribution in [-0.4, -0.2) is 60.0 Å². The Hall–Kier alpha value is -1.85. The average molecular weight is 358 g/mol. The smallest absolute Gasteiger partial charge is 0.222 e. The summed E-state index contributed by atoms with van der Waals surface area (Å²) < 4.78 is 0. The topological polar surface area (TPSA) is 52.6 Å². The average Bonchev–Trinajstić information content (AvgIpc) is 3.24. The van der Waals surface area contributed by atoms with E-state index in [-0.39, 0.29) is 0 Å². The number of amides is 1. The van der Waals surface area contributed by atoms with Crippen molar-refractivity contribution >= 4 is 17.5 Å². The summed E-state index contributed by atoms with van der Waals surface area (Å²) in [5.41, 5.74) is 0. The lowest BCUT2D eigenvalue weighted by molar-refractivity contribution is -0.132.